The number of ketones is 1. The van der Waals surface area contributed by atoms with Crippen LogP contribution in [0.3, 0.4) is 0 Å². The molecule has 0 bridgehead atoms. The summed E-state index contributed by atoms with van der Waals surface area (Å²) in [5.41, 5.74) is 0. The highest BCUT2D eigenvalue weighted by molar-refractivity contribution is 5.82. The lowest BCUT2D eigenvalue weighted by atomic mass is 9.93. The Labute approximate surface area is 74.7 Å². The molecule has 1 aliphatic heterocycles. The van der Waals surface area contributed by atoms with Crippen molar-refractivity contribution in [1.29, 1.82) is 0 Å². The maximum absolute atomic E-state index is 11.4. The van der Waals surface area contributed by atoms with Crippen molar-refractivity contribution in [2.24, 2.45) is 11.8 Å². The maximum Gasteiger partial charge on any atom is 0.138 e. The molecule has 1 N–H and O–H groups in total. The molecule has 0 amide bonds. The highest BCUT2D eigenvalue weighted by Crippen LogP contribution is 2.12. The van der Waals surface area contributed by atoms with Crippen molar-refractivity contribution in [3.05, 3.63) is 0 Å². The number of hydrogen-bond donors (Lipinski definition) is 1. The van der Waals surface area contributed by atoms with E-state index in [0.717, 1.165) is 31.8 Å². The second-order valence-corrected chi connectivity index (χ2v) is 4.11. The normalized spacial score (nSPS) is 17.9. The molecule has 2 nitrogen and oxygen atoms in total. The van der Waals surface area contributed by atoms with E-state index < -0.39 is 0 Å². The summed E-state index contributed by atoms with van der Waals surface area (Å²) in [7, 11) is 0. The fourth-order valence-corrected chi connectivity index (χ4v) is 1.41. The smallest absolute Gasteiger partial charge is 0.138 e. The molecule has 0 saturated carbocycles. The second-order valence-electron chi connectivity index (χ2n) is 4.11. The van der Waals surface area contributed by atoms with Gasteiger partial charge in [-0.05, 0) is 12.3 Å². The molecule has 0 unspecified atom stereocenters. The van der Waals surface area contributed by atoms with Crippen molar-refractivity contribution in [1.82, 2.24) is 5.32 Å². The Balaban J connectivity index is 2.02. The number of nitrogens with one attached hydrogen (secondary N) is 1. The standard InChI is InChI=1S/C10H19NO/c1-8(2)4-3-5-10(12)9-6-11-7-9/h8-9,11H,3-7H2,1-2H3. The van der Waals surface area contributed by atoms with Crippen LogP contribution in [0.1, 0.15) is 33.1 Å². The molecule has 0 aromatic rings. The lowest BCUT2D eigenvalue weighted by Crippen LogP contribution is -2.46. The van der Waals surface area contributed by atoms with Crippen LogP contribution in [0.2, 0.25) is 0 Å². The predicted molar refractivity (Wildman–Crippen MR) is 50.1 cm³/mol. The van der Waals surface area contributed by atoms with E-state index in [2.05, 4.69) is 19.2 Å². The van der Waals surface area contributed by atoms with Gasteiger partial charge in [-0.25, -0.2) is 0 Å². The Bertz CT molecular complexity index is 150. The first-order valence-electron chi connectivity index (χ1n) is 4.93. The van der Waals surface area contributed by atoms with Crippen LogP contribution in [0, 0.1) is 11.8 Å². The van der Waals surface area contributed by atoms with Crippen LogP contribution in [0.25, 0.3) is 0 Å². The molecule has 0 aliphatic carbocycles. The Morgan fingerprint density at radius 3 is 2.58 bits per heavy atom. The molecule has 0 atom stereocenters. The average molecular weight is 169 g/mol. The summed E-state index contributed by atoms with van der Waals surface area (Å²) < 4.78 is 0. The molecule has 1 fully saturated rings. The van der Waals surface area contributed by atoms with Gasteiger partial charge in [0.05, 0.1) is 0 Å². The topological polar surface area (TPSA) is 29.1 Å². The van der Waals surface area contributed by atoms with Crippen LogP contribution >= 0.6 is 0 Å². The number of hydrogen-bond acceptors (Lipinski definition) is 2. The quantitative estimate of drug-likeness (QED) is 0.677. The number of carbonyl (C=O) groups is 1. The Morgan fingerprint density at radius 2 is 2.17 bits per heavy atom. The van der Waals surface area contributed by atoms with Gasteiger partial charge in [-0.1, -0.05) is 20.3 Å². The van der Waals surface area contributed by atoms with Gasteiger partial charge in [0.2, 0.25) is 0 Å². The molecular weight excluding hydrogens is 150 g/mol. The molecule has 1 aliphatic rings. The lowest BCUT2D eigenvalue weighted by Gasteiger charge is -2.25. The molecule has 0 aromatic carbocycles. The van der Waals surface area contributed by atoms with Gasteiger partial charge in [0.15, 0.2) is 0 Å². The summed E-state index contributed by atoms with van der Waals surface area (Å²) >= 11 is 0. The van der Waals surface area contributed by atoms with E-state index in [1.807, 2.05) is 0 Å². The van der Waals surface area contributed by atoms with Gasteiger partial charge in [0.25, 0.3) is 0 Å². The highest BCUT2D eigenvalue weighted by atomic mass is 16.1. The molecule has 0 spiro atoms. The average Bonchev–Trinajstić information content (AvgIpc) is 1.81. The van der Waals surface area contributed by atoms with Gasteiger partial charge >= 0.3 is 0 Å². The summed E-state index contributed by atoms with van der Waals surface area (Å²) in [5.74, 6) is 1.55. The van der Waals surface area contributed by atoms with Crippen molar-refractivity contribution in [2.45, 2.75) is 33.1 Å². The van der Waals surface area contributed by atoms with Crippen molar-refractivity contribution >= 4 is 5.78 Å². The third-order valence-corrected chi connectivity index (χ3v) is 2.44. The largest absolute Gasteiger partial charge is 0.315 e. The minimum atomic E-state index is 0.345. The molecular formula is C10H19NO. The second kappa shape index (κ2) is 4.61. The third-order valence-electron chi connectivity index (χ3n) is 2.44. The summed E-state index contributed by atoms with van der Waals surface area (Å²) in [6.07, 6.45) is 3.06. The maximum atomic E-state index is 11.4. The van der Waals surface area contributed by atoms with Gasteiger partial charge in [-0.2, -0.15) is 0 Å². The fraction of sp³-hybridized carbons (Fsp3) is 0.900. The predicted octanol–water partition coefficient (Wildman–Crippen LogP) is 1.60. The zero-order valence-electron chi connectivity index (χ0n) is 8.10. The first-order chi connectivity index (χ1) is 5.70. The van der Waals surface area contributed by atoms with Gasteiger partial charge in [0, 0.05) is 25.4 Å². The van der Waals surface area contributed by atoms with E-state index in [9.17, 15) is 4.79 Å². The molecule has 70 valence electrons. The summed E-state index contributed by atoms with van der Waals surface area (Å²) in [6.45, 7) is 6.24. The minimum Gasteiger partial charge on any atom is -0.315 e. The first kappa shape index (κ1) is 9.72. The third kappa shape index (κ3) is 2.94. The van der Waals surface area contributed by atoms with Gasteiger partial charge in [-0.3, -0.25) is 4.79 Å². The van der Waals surface area contributed by atoms with Crippen molar-refractivity contribution < 1.29 is 4.79 Å². The van der Waals surface area contributed by atoms with E-state index in [1.165, 1.54) is 6.42 Å². The zero-order valence-corrected chi connectivity index (χ0v) is 8.10. The molecule has 1 heterocycles. The minimum absolute atomic E-state index is 0.345. The van der Waals surface area contributed by atoms with E-state index in [0.29, 0.717) is 11.7 Å². The number of Topliss-reactive ketones (excluding diaryl/α,β-unsaturated/α-hetero) is 1. The van der Waals surface area contributed by atoms with Crippen molar-refractivity contribution in [3.8, 4) is 0 Å². The number of rotatable bonds is 5. The number of carbonyl (C=O) groups excluding carboxylic acids is 1. The molecule has 1 rings (SSSR count). The molecule has 12 heavy (non-hydrogen) atoms. The Morgan fingerprint density at radius 1 is 1.50 bits per heavy atom. The molecule has 2 heteroatoms. The Hall–Kier alpha value is -0.370. The van der Waals surface area contributed by atoms with E-state index >= 15 is 0 Å². The van der Waals surface area contributed by atoms with Crippen LogP contribution in [0.15, 0.2) is 0 Å². The van der Waals surface area contributed by atoms with Gasteiger partial charge in [-0.15, -0.1) is 0 Å². The zero-order chi connectivity index (χ0) is 8.97. The summed E-state index contributed by atoms with van der Waals surface area (Å²) in [6, 6.07) is 0. The van der Waals surface area contributed by atoms with E-state index in [4.69, 9.17) is 0 Å². The van der Waals surface area contributed by atoms with Crippen LogP contribution in [-0.2, 0) is 4.79 Å². The van der Waals surface area contributed by atoms with Crippen LogP contribution in [-0.4, -0.2) is 18.9 Å². The molecule has 0 radical (unpaired) electrons. The molecule has 0 aromatic heterocycles. The highest BCUT2D eigenvalue weighted by Gasteiger charge is 2.23. The van der Waals surface area contributed by atoms with Crippen molar-refractivity contribution in [2.75, 3.05) is 13.1 Å². The van der Waals surface area contributed by atoms with E-state index in [1.54, 1.807) is 0 Å². The Kier molecular flexibility index (Phi) is 3.73. The fourth-order valence-electron chi connectivity index (χ4n) is 1.41. The van der Waals surface area contributed by atoms with E-state index in [-0.39, 0.29) is 0 Å². The van der Waals surface area contributed by atoms with Crippen LogP contribution in [0.5, 0.6) is 0 Å². The summed E-state index contributed by atoms with van der Waals surface area (Å²) in [4.78, 5) is 11.4. The van der Waals surface area contributed by atoms with Crippen molar-refractivity contribution in [3.63, 3.8) is 0 Å². The van der Waals surface area contributed by atoms with Crippen LogP contribution < -0.4 is 5.32 Å². The monoisotopic (exact) mass is 169 g/mol. The first-order valence-corrected chi connectivity index (χ1v) is 4.93. The van der Waals surface area contributed by atoms with Gasteiger partial charge < -0.3 is 5.32 Å². The summed E-state index contributed by atoms with van der Waals surface area (Å²) in [5, 5.41) is 3.12. The van der Waals surface area contributed by atoms with Gasteiger partial charge in [0.1, 0.15) is 5.78 Å². The van der Waals surface area contributed by atoms with Crippen LogP contribution in [0.4, 0.5) is 0 Å². The lowest BCUT2D eigenvalue weighted by molar-refractivity contribution is -0.124. The SMILES string of the molecule is CC(C)CCCC(=O)C1CNC1. The molecule has 1 saturated heterocycles.